The Bertz CT molecular complexity index is 1240. The van der Waals surface area contributed by atoms with Gasteiger partial charge in [-0.3, -0.25) is 14.5 Å². The molecule has 0 saturated carbocycles. The van der Waals surface area contributed by atoms with Gasteiger partial charge in [-0.2, -0.15) is 0 Å². The van der Waals surface area contributed by atoms with E-state index < -0.39 is 0 Å². The first kappa shape index (κ1) is 20.1. The molecule has 0 fully saturated rings. The number of thioether (sulfide) groups is 1. The van der Waals surface area contributed by atoms with E-state index in [9.17, 15) is 9.59 Å². The standard InChI is InChI=1S/C25H18N2O4S/c28-21(18-7-3-1-4-8-18)15-32-25-26-20(24(29)27(25)19-9-5-2-6-10-19)13-17-11-12-22-23(14-17)31-16-30-22/h1-14H,15-16H2/b20-13-. The summed E-state index contributed by atoms with van der Waals surface area (Å²) in [5.41, 5.74) is 2.40. The molecular weight excluding hydrogens is 424 g/mol. The molecule has 0 spiro atoms. The summed E-state index contributed by atoms with van der Waals surface area (Å²) in [7, 11) is 0. The van der Waals surface area contributed by atoms with Crippen molar-refractivity contribution in [3.63, 3.8) is 0 Å². The van der Waals surface area contributed by atoms with E-state index in [4.69, 9.17) is 9.47 Å². The molecule has 0 bridgehead atoms. The molecule has 0 aliphatic carbocycles. The molecule has 2 aliphatic heterocycles. The second-order valence-electron chi connectivity index (χ2n) is 7.09. The molecule has 0 aromatic heterocycles. The van der Waals surface area contributed by atoms with E-state index in [-0.39, 0.29) is 24.2 Å². The Labute approximate surface area is 189 Å². The molecule has 3 aromatic rings. The predicted molar refractivity (Wildman–Crippen MR) is 125 cm³/mol. The van der Waals surface area contributed by atoms with Crippen molar-refractivity contribution in [2.45, 2.75) is 0 Å². The molecular formula is C25H18N2O4S. The molecule has 6 nitrogen and oxygen atoms in total. The Morgan fingerprint density at radius 1 is 0.969 bits per heavy atom. The van der Waals surface area contributed by atoms with Crippen molar-refractivity contribution in [3.05, 3.63) is 95.7 Å². The zero-order chi connectivity index (χ0) is 21.9. The molecule has 3 aromatic carbocycles. The third kappa shape index (κ3) is 4.02. The van der Waals surface area contributed by atoms with Crippen LogP contribution < -0.4 is 14.4 Å². The number of nitrogens with zero attached hydrogens (tertiary/aromatic N) is 2. The molecule has 32 heavy (non-hydrogen) atoms. The van der Waals surface area contributed by atoms with Crippen LogP contribution in [0.4, 0.5) is 5.69 Å². The van der Waals surface area contributed by atoms with Crippen molar-refractivity contribution >= 4 is 40.4 Å². The number of ether oxygens (including phenoxy) is 2. The minimum absolute atomic E-state index is 0.0213. The van der Waals surface area contributed by atoms with Crippen LogP contribution in [0.2, 0.25) is 0 Å². The monoisotopic (exact) mass is 442 g/mol. The lowest BCUT2D eigenvalue weighted by Crippen LogP contribution is -2.30. The molecule has 1 amide bonds. The summed E-state index contributed by atoms with van der Waals surface area (Å²) in [6.07, 6.45) is 1.72. The van der Waals surface area contributed by atoms with Crippen LogP contribution in [0.3, 0.4) is 0 Å². The molecule has 5 rings (SSSR count). The van der Waals surface area contributed by atoms with Gasteiger partial charge >= 0.3 is 0 Å². The number of fused-ring (bicyclic) bond motifs is 1. The zero-order valence-electron chi connectivity index (χ0n) is 16.9. The largest absolute Gasteiger partial charge is 0.454 e. The van der Waals surface area contributed by atoms with E-state index >= 15 is 0 Å². The molecule has 2 aliphatic rings. The van der Waals surface area contributed by atoms with Crippen LogP contribution in [0.1, 0.15) is 15.9 Å². The van der Waals surface area contributed by atoms with E-state index in [2.05, 4.69) is 4.99 Å². The van der Waals surface area contributed by atoms with Crippen molar-refractivity contribution < 1.29 is 19.1 Å². The maximum atomic E-state index is 13.3. The number of ketones is 1. The smallest absolute Gasteiger partial charge is 0.283 e. The first-order valence-corrected chi connectivity index (χ1v) is 11.0. The van der Waals surface area contributed by atoms with Crippen LogP contribution in [0.15, 0.2) is 89.6 Å². The topological polar surface area (TPSA) is 68.2 Å². The third-order valence-electron chi connectivity index (χ3n) is 4.97. The van der Waals surface area contributed by atoms with Crippen LogP contribution in [0, 0.1) is 0 Å². The van der Waals surface area contributed by atoms with Gasteiger partial charge in [0, 0.05) is 5.56 Å². The highest BCUT2D eigenvalue weighted by Crippen LogP contribution is 2.34. The lowest BCUT2D eigenvalue weighted by Gasteiger charge is -2.17. The number of anilines is 1. The molecule has 2 heterocycles. The Morgan fingerprint density at radius 2 is 1.69 bits per heavy atom. The van der Waals surface area contributed by atoms with Gasteiger partial charge in [0.2, 0.25) is 6.79 Å². The number of hydrogen-bond acceptors (Lipinski definition) is 6. The molecule has 0 radical (unpaired) electrons. The normalized spacial score (nSPS) is 15.9. The van der Waals surface area contributed by atoms with E-state index in [1.807, 2.05) is 60.7 Å². The summed E-state index contributed by atoms with van der Waals surface area (Å²) < 4.78 is 10.8. The fraction of sp³-hybridized carbons (Fsp3) is 0.0800. The molecule has 0 saturated heterocycles. The number of carbonyl (C=O) groups excluding carboxylic acids is 2. The highest BCUT2D eigenvalue weighted by Gasteiger charge is 2.32. The van der Waals surface area contributed by atoms with Crippen molar-refractivity contribution in [3.8, 4) is 11.5 Å². The number of rotatable bonds is 5. The number of benzene rings is 3. The van der Waals surface area contributed by atoms with Crippen molar-refractivity contribution in [1.29, 1.82) is 0 Å². The second kappa shape index (κ2) is 8.72. The summed E-state index contributed by atoms with van der Waals surface area (Å²) in [6, 6.07) is 23.9. The third-order valence-corrected chi connectivity index (χ3v) is 5.91. The Kier molecular flexibility index (Phi) is 5.47. The van der Waals surface area contributed by atoms with Crippen LogP contribution in [0.5, 0.6) is 11.5 Å². The highest BCUT2D eigenvalue weighted by atomic mass is 32.2. The Balaban J connectivity index is 1.44. The van der Waals surface area contributed by atoms with Crippen LogP contribution >= 0.6 is 11.8 Å². The van der Waals surface area contributed by atoms with E-state index in [0.29, 0.717) is 33.6 Å². The fourth-order valence-electron chi connectivity index (χ4n) is 3.40. The van der Waals surface area contributed by atoms with E-state index in [1.54, 1.807) is 29.2 Å². The summed E-state index contributed by atoms with van der Waals surface area (Å²) in [4.78, 5) is 32.0. The van der Waals surface area contributed by atoms with Crippen LogP contribution in [-0.4, -0.2) is 29.4 Å². The number of para-hydroxylation sites is 1. The number of amides is 1. The van der Waals surface area contributed by atoms with Crippen molar-refractivity contribution in [1.82, 2.24) is 0 Å². The van der Waals surface area contributed by atoms with Gasteiger partial charge in [-0.1, -0.05) is 66.4 Å². The quantitative estimate of drug-likeness (QED) is 0.420. The average Bonchev–Trinajstić information content (AvgIpc) is 3.42. The minimum Gasteiger partial charge on any atom is -0.454 e. The summed E-state index contributed by atoms with van der Waals surface area (Å²) >= 11 is 1.25. The average molecular weight is 442 g/mol. The predicted octanol–water partition coefficient (Wildman–Crippen LogP) is 4.78. The first-order chi connectivity index (χ1) is 15.7. The summed E-state index contributed by atoms with van der Waals surface area (Å²) in [6.45, 7) is 0.185. The number of hydrogen-bond donors (Lipinski definition) is 0. The lowest BCUT2D eigenvalue weighted by molar-refractivity contribution is -0.113. The van der Waals surface area contributed by atoms with Gasteiger partial charge < -0.3 is 9.47 Å². The lowest BCUT2D eigenvalue weighted by atomic mass is 10.1. The number of amidine groups is 1. The minimum atomic E-state index is -0.247. The van der Waals surface area contributed by atoms with E-state index in [1.165, 1.54) is 11.8 Å². The number of Topliss-reactive ketones (excluding diaryl/α,β-unsaturated/α-hetero) is 1. The molecule has 0 N–H and O–H groups in total. The van der Waals surface area contributed by atoms with Gasteiger partial charge in [-0.25, -0.2) is 4.99 Å². The summed E-state index contributed by atoms with van der Waals surface area (Å²) in [5.74, 6) is 1.22. The van der Waals surface area contributed by atoms with Gasteiger partial charge in [0.15, 0.2) is 22.4 Å². The van der Waals surface area contributed by atoms with Crippen LogP contribution in [-0.2, 0) is 4.79 Å². The van der Waals surface area contributed by atoms with Gasteiger partial charge in [0.05, 0.1) is 11.4 Å². The van der Waals surface area contributed by atoms with Crippen LogP contribution in [0.25, 0.3) is 6.08 Å². The summed E-state index contributed by atoms with van der Waals surface area (Å²) in [5, 5.41) is 0.470. The Hall–Kier alpha value is -3.84. The molecule has 7 heteroatoms. The van der Waals surface area contributed by atoms with Crippen molar-refractivity contribution in [2.75, 3.05) is 17.4 Å². The van der Waals surface area contributed by atoms with Crippen molar-refractivity contribution in [2.24, 2.45) is 4.99 Å². The zero-order valence-corrected chi connectivity index (χ0v) is 17.7. The molecule has 0 unspecified atom stereocenters. The van der Waals surface area contributed by atoms with Gasteiger partial charge in [0.25, 0.3) is 5.91 Å². The highest BCUT2D eigenvalue weighted by molar-refractivity contribution is 8.14. The molecule has 158 valence electrons. The van der Waals surface area contributed by atoms with Gasteiger partial charge in [0.1, 0.15) is 5.70 Å². The number of aliphatic imine (C=N–C) groups is 1. The number of carbonyl (C=O) groups is 2. The first-order valence-electron chi connectivity index (χ1n) is 9.99. The fourth-order valence-corrected chi connectivity index (χ4v) is 4.30. The SMILES string of the molecule is O=C(CSC1=N/C(=C\c2ccc3c(c2)OCO3)C(=O)N1c1ccccc1)c1ccccc1. The van der Waals surface area contributed by atoms with Gasteiger partial charge in [-0.05, 0) is 35.9 Å². The maximum absolute atomic E-state index is 13.3. The second-order valence-corrected chi connectivity index (χ2v) is 8.03. The maximum Gasteiger partial charge on any atom is 0.283 e. The van der Waals surface area contributed by atoms with E-state index in [0.717, 1.165) is 5.56 Å². The Morgan fingerprint density at radius 3 is 2.47 bits per heavy atom. The molecule has 0 atom stereocenters. The van der Waals surface area contributed by atoms with Gasteiger partial charge in [-0.15, -0.1) is 0 Å².